The largest absolute Gasteiger partial charge is 0.481 e. The second-order valence-corrected chi connectivity index (χ2v) is 6.55. The zero-order valence-electron chi connectivity index (χ0n) is 13.5. The molecule has 1 atom stereocenters. The predicted octanol–water partition coefficient (Wildman–Crippen LogP) is 3.84. The van der Waals surface area contributed by atoms with E-state index in [1.165, 1.54) is 10.3 Å². The molecule has 0 saturated carbocycles. The van der Waals surface area contributed by atoms with E-state index >= 15 is 0 Å². The molecule has 0 aliphatic rings. The first kappa shape index (κ1) is 16.5. The van der Waals surface area contributed by atoms with E-state index in [0.717, 1.165) is 11.3 Å². The molecule has 0 spiro atoms. The van der Waals surface area contributed by atoms with Crippen LogP contribution >= 0.6 is 11.8 Å². The van der Waals surface area contributed by atoms with Gasteiger partial charge in [-0.2, -0.15) is 0 Å². The molecule has 2 aromatic carbocycles. The third kappa shape index (κ3) is 4.11. The molecule has 1 heterocycles. The van der Waals surface area contributed by atoms with E-state index in [9.17, 15) is 4.79 Å². The van der Waals surface area contributed by atoms with Crippen molar-refractivity contribution in [3.8, 4) is 5.75 Å². The van der Waals surface area contributed by atoms with Crippen LogP contribution in [0.5, 0.6) is 5.75 Å². The highest BCUT2D eigenvalue weighted by Gasteiger charge is 2.13. The number of fused-ring (bicyclic) bond motifs is 1. The third-order valence-corrected chi connectivity index (χ3v) is 4.69. The molecular formula is C19H20N2O2S. The maximum Gasteiger partial charge on any atom is 0.260 e. The van der Waals surface area contributed by atoms with Crippen LogP contribution in [0.3, 0.4) is 0 Å². The van der Waals surface area contributed by atoms with Gasteiger partial charge in [-0.1, -0.05) is 36.4 Å². The van der Waals surface area contributed by atoms with E-state index in [-0.39, 0.29) is 5.91 Å². The van der Waals surface area contributed by atoms with Gasteiger partial charge in [-0.15, -0.1) is 11.8 Å². The van der Waals surface area contributed by atoms with Crippen LogP contribution in [-0.4, -0.2) is 29.3 Å². The summed E-state index contributed by atoms with van der Waals surface area (Å²) in [5, 5.41) is 4.14. The van der Waals surface area contributed by atoms with E-state index < -0.39 is 6.10 Å². The van der Waals surface area contributed by atoms with Gasteiger partial charge in [0.25, 0.3) is 5.91 Å². The lowest BCUT2D eigenvalue weighted by Crippen LogP contribution is -2.37. The summed E-state index contributed by atoms with van der Waals surface area (Å²) in [4.78, 5) is 16.5. The van der Waals surface area contributed by atoms with Crippen molar-refractivity contribution < 1.29 is 9.53 Å². The molecule has 1 unspecified atom stereocenters. The fourth-order valence-electron chi connectivity index (χ4n) is 2.40. The van der Waals surface area contributed by atoms with Crippen LogP contribution in [0.4, 0.5) is 0 Å². The fourth-order valence-corrected chi connectivity index (χ4v) is 3.30. The van der Waals surface area contributed by atoms with Crippen molar-refractivity contribution in [1.82, 2.24) is 10.3 Å². The van der Waals surface area contributed by atoms with Crippen LogP contribution in [0.2, 0.25) is 0 Å². The van der Waals surface area contributed by atoms with Crippen molar-refractivity contribution in [3.05, 3.63) is 60.8 Å². The van der Waals surface area contributed by atoms with Gasteiger partial charge >= 0.3 is 0 Å². The average Bonchev–Trinajstić information content (AvgIpc) is 3.02. The highest BCUT2D eigenvalue weighted by Crippen LogP contribution is 2.27. The molecule has 0 saturated heterocycles. The second-order valence-electron chi connectivity index (χ2n) is 5.41. The Bertz CT molecular complexity index is 801. The van der Waals surface area contributed by atoms with E-state index in [4.69, 9.17) is 4.74 Å². The third-order valence-electron chi connectivity index (χ3n) is 3.64. The molecule has 1 aromatic heterocycles. The number of H-pyrrole nitrogens is 1. The number of nitrogens with one attached hydrogen (secondary N) is 2. The normalized spacial score (nSPS) is 12.0. The number of aromatic nitrogens is 1. The molecule has 3 rings (SSSR count). The SMILES string of the molecule is CC(Oc1ccccc1)C(=O)NCCSc1c[nH]c2ccccc12. The summed E-state index contributed by atoms with van der Waals surface area (Å²) < 4.78 is 5.61. The number of hydrogen-bond acceptors (Lipinski definition) is 3. The molecule has 2 N–H and O–H groups in total. The summed E-state index contributed by atoms with van der Waals surface area (Å²) in [5.74, 6) is 1.41. The smallest absolute Gasteiger partial charge is 0.260 e. The minimum absolute atomic E-state index is 0.0987. The van der Waals surface area contributed by atoms with E-state index in [1.807, 2.05) is 48.7 Å². The van der Waals surface area contributed by atoms with Crippen molar-refractivity contribution in [2.75, 3.05) is 12.3 Å². The number of benzene rings is 2. The Labute approximate surface area is 145 Å². The van der Waals surface area contributed by atoms with Crippen molar-refractivity contribution in [2.45, 2.75) is 17.9 Å². The molecule has 1 amide bonds. The Hall–Kier alpha value is -2.40. The monoisotopic (exact) mass is 340 g/mol. The molecule has 4 nitrogen and oxygen atoms in total. The van der Waals surface area contributed by atoms with Gasteiger partial charge in [0, 0.05) is 34.3 Å². The minimum atomic E-state index is -0.509. The number of thioether (sulfide) groups is 1. The fraction of sp³-hybridized carbons (Fsp3) is 0.211. The van der Waals surface area contributed by atoms with E-state index in [2.05, 4.69) is 22.4 Å². The summed E-state index contributed by atoms with van der Waals surface area (Å²) in [6.07, 6.45) is 1.50. The lowest BCUT2D eigenvalue weighted by molar-refractivity contribution is -0.127. The van der Waals surface area contributed by atoms with E-state index in [1.54, 1.807) is 18.7 Å². The molecule has 3 aromatic rings. The quantitative estimate of drug-likeness (QED) is 0.507. The zero-order chi connectivity index (χ0) is 16.8. The van der Waals surface area contributed by atoms with Crippen molar-refractivity contribution >= 4 is 28.6 Å². The highest BCUT2D eigenvalue weighted by molar-refractivity contribution is 7.99. The van der Waals surface area contributed by atoms with Gasteiger partial charge in [-0.3, -0.25) is 4.79 Å². The molecule has 0 aliphatic heterocycles. The number of aromatic amines is 1. The topological polar surface area (TPSA) is 54.1 Å². The number of rotatable bonds is 7. The molecule has 0 bridgehead atoms. The standard InChI is InChI=1S/C19H20N2O2S/c1-14(23-15-7-3-2-4-8-15)19(22)20-11-12-24-18-13-21-17-10-6-5-9-16(17)18/h2-10,13-14,21H,11-12H2,1H3,(H,20,22). The Morgan fingerprint density at radius 2 is 1.92 bits per heavy atom. The minimum Gasteiger partial charge on any atom is -0.481 e. The number of amides is 1. The summed E-state index contributed by atoms with van der Waals surface area (Å²) in [5.41, 5.74) is 1.13. The van der Waals surface area contributed by atoms with Gasteiger partial charge < -0.3 is 15.0 Å². The van der Waals surface area contributed by atoms with Gasteiger partial charge in [0.15, 0.2) is 6.10 Å². The number of ether oxygens (including phenoxy) is 1. The lowest BCUT2D eigenvalue weighted by Gasteiger charge is -2.14. The van der Waals surface area contributed by atoms with Crippen LogP contribution in [-0.2, 0) is 4.79 Å². The Kier molecular flexibility index (Phi) is 5.43. The number of carbonyl (C=O) groups is 1. The van der Waals surface area contributed by atoms with Crippen molar-refractivity contribution in [3.63, 3.8) is 0 Å². The molecule has 124 valence electrons. The molecule has 0 fully saturated rings. The van der Waals surface area contributed by atoms with Gasteiger partial charge in [-0.05, 0) is 25.1 Å². The van der Waals surface area contributed by atoms with Gasteiger partial charge in [0.2, 0.25) is 0 Å². The maximum absolute atomic E-state index is 12.1. The average molecular weight is 340 g/mol. The van der Waals surface area contributed by atoms with Crippen LogP contribution in [0, 0.1) is 0 Å². The van der Waals surface area contributed by atoms with Gasteiger partial charge in [0.05, 0.1) is 0 Å². The van der Waals surface area contributed by atoms with Crippen LogP contribution in [0.25, 0.3) is 10.9 Å². The Morgan fingerprint density at radius 3 is 2.75 bits per heavy atom. The van der Waals surface area contributed by atoms with Gasteiger partial charge in [-0.25, -0.2) is 0 Å². The molecule has 0 radical (unpaired) electrons. The maximum atomic E-state index is 12.1. The van der Waals surface area contributed by atoms with Crippen LogP contribution in [0.15, 0.2) is 65.7 Å². The number of para-hydroxylation sites is 2. The molecular weight excluding hydrogens is 320 g/mol. The summed E-state index contributed by atoms with van der Waals surface area (Å²) in [6.45, 7) is 2.36. The van der Waals surface area contributed by atoms with E-state index in [0.29, 0.717) is 12.3 Å². The summed E-state index contributed by atoms with van der Waals surface area (Å²) in [7, 11) is 0. The van der Waals surface area contributed by atoms with Crippen molar-refractivity contribution in [2.24, 2.45) is 0 Å². The molecule has 5 heteroatoms. The van der Waals surface area contributed by atoms with Crippen LogP contribution < -0.4 is 10.1 Å². The second kappa shape index (κ2) is 7.93. The highest BCUT2D eigenvalue weighted by atomic mass is 32.2. The first-order valence-electron chi connectivity index (χ1n) is 7.92. The summed E-state index contributed by atoms with van der Waals surface area (Å²) >= 11 is 1.73. The van der Waals surface area contributed by atoms with Crippen LogP contribution in [0.1, 0.15) is 6.92 Å². The lowest BCUT2D eigenvalue weighted by atomic mass is 10.2. The molecule has 24 heavy (non-hydrogen) atoms. The number of hydrogen-bond donors (Lipinski definition) is 2. The predicted molar refractivity (Wildman–Crippen MR) is 98.6 cm³/mol. The number of carbonyl (C=O) groups excluding carboxylic acids is 1. The van der Waals surface area contributed by atoms with Crippen molar-refractivity contribution in [1.29, 1.82) is 0 Å². The van der Waals surface area contributed by atoms with Gasteiger partial charge in [0.1, 0.15) is 5.75 Å². The molecule has 0 aliphatic carbocycles. The Morgan fingerprint density at radius 1 is 1.17 bits per heavy atom. The summed E-state index contributed by atoms with van der Waals surface area (Å²) in [6, 6.07) is 17.6. The Balaban J connectivity index is 1.43. The zero-order valence-corrected chi connectivity index (χ0v) is 14.3. The first-order chi connectivity index (χ1) is 11.7. The first-order valence-corrected chi connectivity index (χ1v) is 8.91.